The van der Waals surface area contributed by atoms with Crippen LogP contribution >= 0.6 is 0 Å². The summed E-state index contributed by atoms with van der Waals surface area (Å²) in [5.74, 6) is 0.785. The van der Waals surface area contributed by atoms with Crippen molar-refractivity contribution >= 4 is 5.82 Å². The van der Waals surface area contributed by atoms with Gasteiger partial charge in [-0.3, -0.25) is 0 Å². The number of hydrogen-bond acceptors (Lipinski definition) is 1. The Kier molecular flexibility index (Phi) is 1.47. The first-order chi connectivity index (χ1) is 3.93. The molecule has 0 saturated heterocycles. The zero-order valence-corrected chi connectivity index (χ0v) is 4.70. The molecule has 0 N–H and O–H groups in total. The maximum atomic E-state index is 3.93. The number of nitrogens with zero attached hydrogens (tertiary/aromatic N) is 2. The van der Waals surface area contributed by atoms with Gasteiger partial charge in [-0.05, 0) is 0 Å². The van der Waals surface area contributed by atoms with E-state index in [1.807, 2.05) is 18.2 Å². The van der Waals surface area contributed by atoms with Gasteiger partial charge in [-0.2, -0.15) is 0 Å². The molecule has 0 aliphatic heterocycles. The minimum absolute atomic E-state index is 0.785. The van der Waals surface area contributed by atoms with Crippen LogP contribution in [0.4, 0.5) is 5.82 Å². The lowest BCUT2D eigenvalue weighted by Gasteiger charge is -2.05. The Morgan fingerprint density at radius 3 is 2.75 bits per heavy atom. The molecule has 0 saturated carbocycles. The maximum absolute atomic E-state index is 3.93. The molecule has 0 unspecified atom stereocenters. The van der Waals surface area contributed by atoms with Crippen molar-refractivity contribution in [1.82, 2.24) is 4.98 Å². The fourth-order valence-corrected chi connectivity index (χ4v) is 0.486. The summed E-state index contributed by atoms with van der Waals surface area (Å²) in [4.78, 5) is 3.93. The van der Waals surface area contributed by atoms with Gasteiger partial charge in [0, 0.05) is 0 Å². The molecule has 2 heteroatoms. The fraction of sp³-hybridized carbons (Fsp3) is 0.167. The lowest BCUT2D eigenvalue weighted by molar-refractivity contribution is 1.33. The molecule has 0 atom stereocenters. The Morgan fingerprint density at radius 1 is 1.50 bits per heavy atom. The van der Waals surface area contributed by atoms with Gasteiger partial charge in [0.1, 0.15) is 0 Å². The second-order valence-electron chi connectivity index (χ2n) is 1.41. The molecule has 1 heterocycles. The van der Waals surface area contributed by atoms with Gasteiger partial charge >= 0.3 is 0 Å². The third kappa shape index (κ3) is 0.964. The molecule has 0 aliphatic carbocycles. The Morgan fingerprint density at radius 2 is 2.38 bits per heavy atom. The summed E-state index contributed by atoms with van der Waals surface area (Å²) in [7, 11) is 1.72. The van der Waals surface area contributed by atoms with E-state index in [9.17, 15) is 0 Å². The monoisotopic (exact) mass is 107 g/mol. The summed E-state index contributed by atoms with van der Waals surface area (Å²) in [5, 5.41) is 3.86. The number of rotatable bonds is 1. The van der Waals surface area contributed by atoms with E-state index in [-0.39, 0.29) is 0 Å². The van der Waals surface area contributed by atoms with E-state index in [1.165, 1.54) is 0 Å². The third-order valence-electron chi connectivity index (χ3n) is 0.878. The van der Waals surface area contributed by atoms with Crippen molar-refractivity contribution in [3.05, 3.63) is 29.7 Å². The SMILES string of the molecule is C[N-]c1ccccn1. The normalized spacial score (nSPS) is 8.62. The van der Waals surface area contributed by atoms with Crippen LogP contribution in [0.1, 0.15) is 0 Å². The molecule has 1 aromatic rings. The Hall–Kier alpha value is -1.05. The molecule has 0 aromatic carbocycles. The maximum Gasteiger partial charge on any atom is -0.0628 e. The topological polar surface area (TPSA) is 27.0 Å². The molecule has 8 heavy (non-hydrogen) atoms. The van der Waals surface area contributed by atoms with E-state index in [1.54, 1.807) is 13.2 Å². The second kappa shape index (κ2) is 2.31. The van der Waals surface area contributed by atoms with Crippen molar-refractivity contribution in [2.45, 2.75) is 0 Å². The van der Waals surface area contributed by atoms with Crippen molar-refractivity contribution in [3.63, 3.8) is 0 Å². The highest BCUT2D eigenvalue weighted by atomic mass is 14.9. The lowest BCUT2D eigenvalue weighted by Crippen LogP contribution is -1.69. The first-order valence-corrected chi connectivity index (χ1v) is 2.44. The zero-order chi connectivity index (χ0) is 5.82. The van der Waals surface area contributed by atoms with Gasteiger partial charge in [-0.25, -0.2) is 0 Å². The number of hydrogen-bond donors (Lipinski definition) is 0. The first-order valence-electron chi connectivity index (χ1n) is 2.44. The highest BCUT2D eigenvalue weighted by Gasteiger charge is 1.68. The smallest absolute Gasteiger partial charge is 0.0628 e. The van der Waals surface area contributed by atoms with Crippen molar-refractivity contribution in [1.29, 1.82) is 0 Å². The van der Waals surface area contributed by atoms with Crippen LogP contribution in [-0.2, 0) is 0 Å². The molecule has 1 rings (SSSR count). The van der Waals surface area contributed by atoms with Crippen LogP contribution < -0.4 is 0 Å². The van der Waals surface area contributed by atoms with Crippen LogP contribution in [0.5, 0.6) is 0 Å². The second-order valence-corrected chi connectivity index (χ2v) is 1.41. The third-order valence-corrected chi connectivity index (χ3v) is 0.878. The van der Waals surface area contributed by atoms with Crippen LogP contribution in [0.2, 0.25) is 0 Å². The Bertz CT molecular complexity index is 148. The first kappa shape index (κ1) is 5.09. The summed E-state index contributed by atoms with van der Waals surface area (Å²) >= 11 is 0. The molecule has 0 bridgehead atoms. The molecule has 42 valence electrons. The minimum atomic E-state index is 0.785. The van der Waals surface area contributed by atoms with E-state index < -0.39 is 0 Å². The van der Waals surface area contributed by atoms with E-state index in [2.05, 4.69) is 10.3 Å². The van der Waals surface area contributed by atoms with Crippen LogP contribution in [0.25, 0.3) is 5.32 Å². The summed E-state index contributed by atoms with van der Waals surface area (Å²) in [6, 6.07) is 5.64. The summed E-state index contributed by atoms with van der Waals surface area (Å²) in [5.41, 5.74) is 0. The Balaban J connectivity index is 2.83. The van der Waals surface area contributed by atoms with Crippen molar-refractivity contribution in [2.75, 3.05) is 7.05 Å². The molecule has 0 fully saturated rings. The molecule has 0 amide bonds. The summed E-state index contributed by atoms with van der Waals surface area (Å²) in [6.07, 6.45) is 1.72. The average Bonchev–Trinajstić information content (AvgIpc) is 1.90. The molecule has 0 spiro atoms. The van der Waals surface area contributed by atoms with Crippen LogP contribution in [0.15, 0.2) is 24.4 Å². The standard InChI is InChI=1S/C6H7N2/c1-7-6-4-2-3-5-8-6/h2-5H,1H3/q-1. The van der Waals surface area contributed by atoms with Gasteiger partial charge in [0.05, 0.1) is 0 Å². The minimum Gasteiger partial charge on any atom is -0.469 e. The average molecular weight is 107 g/mol. The van der Waals surface area contributed by atoms with E-state index >= 15 is 0 Å². The van der Waals surface area contributed by atoms with Crippen molar-refractivity contribution < 1.29 is 0 Å². The fourth-order valence-electron chi connectivity index (χ4n) is 0.486. The molecule has 1 aromatic heterocycles. The van der Waals surface area contributed by atoms with Crippen molar-refractivity contribution in [3.8, 4) is 0 Å². The Labute approximate surface area is 48.6 Å². The van der Waals surface area contributed by atoms with Gasteiger partial charge in [-0.1, -0.05) is 37.3 Å². The van der Waals surface area contributed by atoms with Crippen LogP contribution in [-0.4, -0.2) is 12.0 Å². The van der Waals surface area contributed by atoms with Gasteiger partial charge in [-0.15, -0.1) is 0 Å². The predicted octanol–water partition coefficient (Wildman–Crippen LogP) is 1.72. The van der Waals surface area contributed by atoms with Crippen LogP contribution in [0.3, 0.4) is 0 Å². The zero-order valence-electron chi connectivity index (χ0n) is 4.70. The lowest BCUT2D eigenvalue weighted by atomic mass is 10.5. The van der Waals surface area contributed by atoms with Gasteiger partial charge < -0.3 is 10.3 Å². The summed E-state index contributed by atoms with van der Waals surface area (Å²) < 4.78 is 0. The van der Waals surface area contributed by atoms with Gasteiger partial charge in [0.15, 0.2) is 0 Å². The van der Waals surface area contributed by atoms with E-state index in [0.717, 1.165) is 5.82 Å². The van der Waals surface area contributed by atoms with E-state index in [0.29, 0.717) is 0 Å². The van der Waals surface area contributed by atoms with E-state index in [4.69, 9.17) is 0 Å². The molecular weight excluding hydrogens is 100 g/mol. The van der Waals surface area contributed by atoms with Crippen LogP contribution in [0, 0.1) is 0 Å². The quantitative estimate of drug-likeness (QED) is 0.536. The van der Waals surface area contributed by atoms with Crippen molar-refractivity contribution in [2.24, 2.45) is 0 Å². The highest BCUT2D eigenvalue weighted by molar-refractivity contribution is 5.37. The highest BCUT2D eigenvalue weighted by Crippen LogP contribution is 2.07. The molecule has 0 radical (unpaired) electrons. The molecule has 0 aliphatic rings. The number of aromatic nitrogens is 1. The largest absolute Gasteiger partial charge is 0.469 e. The van der Waals surface area contributed by atoms with Gasteiger partial charge in [0.25, 0.3) is 0 Å². The predicted molar refractivity (Wildman–Crippen MR) is 33.2 cm³/mol. The molecule has 2 nitrogen and oxygen atoms in total. The number of pyridine rings is 1. The summed E-state index contributed by atoms with van der Waals surface area (Å²) in [6.45, 7) is 0. The van der Waals surface area contributed by atoms with Gasteiger partial charge in [0.2, 0.25) is 0 Å². The molecular formula is C6H7N2-.